The van der Waals surface area contributed by atoms with Gasteiger partial charge < -0.3 is 9.64 Å². The molecule has 1 aliphatic rings. The van der Waals surface area contributed by atoms with Gasteiger partial charge in [0, 0.05) is 18.0 Å². The second-order valence-electron chi connectivity index (χ2n) is 6.50. The van der Waals surface area contributed by atoms with Crippen molar-refractivity contribution in [3.8, 4) is 0 Å². The van der Waals surface area contributed by atoms with E-state index in [-0.39, 0.29) is 12.5 Å². The Hall–Kier alpha value is -2.14. The summed E-state index contributed by atoms with van der Waals surface area (Å²) in [7, 11) is 0. The minimum Gasteiger partial charge on any atom is -0.451 e. The van der Waals surface area contributed by atoms with E-state index in [2.05, 4.69) is 24.3 Å². The quantitative estimate of drug-likeness (QED) is 0.767. The number of esters is 1. The molecule has 1 aromatic carbocycles. The lowest BCUT2D eigenvalue weighted by molar-refractivity contribution is -0.135. The summed E-state index contributed by atoms with van der Waals surface area (Å²) in [6.07, 6.45) is 3.06. The van der Waals surface area contributed by atoms with Crippen molar-refractivity contribution in [2.45, 2.75) is 26.2 Å². The van der Waals surface area contributed by atoms with Gasteiger partial charge in [0.2, 0.25) is 0 Å². The highest BCUT2D eigenvalue weighted by molar-refractivity contribution is 7.13. The molecule has 0 unspecified atom stereocenters. The lowest BCUT2D eigenvalue weighted by Gasteiger charge is -2.32. The maximum Gasteiger partial charge on any atom is 0.348 e. The van der Waals surface area contributed by atoms with Crippen molar-refractivity contribution < 1.29 is 14.3 Å². The zero-order valence-electron chi connectivity index (χ0n) is 14.4. The van der Waals surface area contributed by atoms with Crippen LogP contribution in [0.5, 0.6) is 0 Å². The first-order valence-corrected chi connectivity index (χ1v) is 9.49. The number of hydrogen-bond acceptors (Lipinski definition) is 4. The van der Waals surface area contributed by atoms with Crippen LogP contribution in [0.15, 0.2) is 42.5 Å². The van der Waals surface area contributed by atoms with Crippen LogP contribution in [-0.2, 0) is 16.0 Å². The number of hydrogen-bond donors (Lipinski definition) is 0. The van der Waals surface area contributed by atoms with E-state index in [1.54, 1.807) is 6.07 Å². The van der Waals surface area contributed by atoms with Crippen LogP contribution in [-0.4, -0.2) is 36.5 Å². The molecule has 1 aliphatic heterocycles. The lowest BCUT2D eigenvalue weighted by atomic mass is 9.90. The number of benzene rings is 1. The molecule has 132 valence electrons. The summed E-state index contributed by atoms with van der Waals surface area (Å²) in [6.45, 7) is 3.25. The molecule has 0 N–H and O–H groups in total. The van der Waals surface area contributed by atoms with Crippen LogP contribution in [0.25, 0.3) is 0 Å². The predicted molar refractivity (Wildman–Crippen MR) is 98.8 cm³/mol. The summed E-state index contributed by atoms with van der Waals surface area (Å²) in [4.78, 5) is 27.6. The number of carbonyl (C=O) groups is 2. The van der Waals surface area contributed by atoms with Gasteiger partial charge in [-0.1, -0.05) is 30.3 Å². The number of piperidine rings is 1. The highest BCUT2D eigenvalue weighted by Gasteiger charge is 2.24. The number of likely N-dealkylation sites (tertiary alicyclic amines) is 1. The van der Waals surface area contributed by atoms with E-state index >= 15 is 0 Å². The van der Waals surface area contributed by atoms with Crippen molar-refractivity contribution in [2.24, 2.45) is 5.92 Å². The summed E-state index contributed by atoms with van der Waals surface area (Å²) in [5.74, 6) is 0.105. The number of ether oxygens (including phenoxy) is 1. The molecule has 1 amide bonds. The van der Waals surface area contributed by atoms with Gasteiger partial charge in [0.25, 0.3) is 5.91 Å². The zero-order valence-corrected chi connectivity index (χ0v) is 15.3. The Morgan fingerprint density at radius 1 is 1.12 bits per heavy atom. The third kappa shape index (κ3) is 4.92. The van der Waals surface area contributed by atoms with Gasteiger partial charge in [-0.3, -0.25) is 4.79 Å². The third-order valence-corrected chi connectivity index (χ3v) is 5.58. The summed E-state index contributed by atoms with van der Waals surface area (Å²) >= 11 is 1.38. The van der Waals surface area contributed by atoms with Gasteiger partial charge >= 0.3 is 5.97 Å². The Bertz CT molecular complexity index is 718. The molecule has 0 saturated carbocycles. The standard InChI is InChI=1S/C20H23NO3S/c1-15-7-8-18(25-15)20(23)24-14-19(22)21-11-9-17(10-12-21)13-16-5-3-2-4-6-16/h2-8,17H,9-14H2,1H3. The van der Waals surface area contributed by atoms with Gasteiger partial charge in [-0.05, 0) is 49.8 Å². The molecular formula is C20H23NO3S. The molecule has 3 rings (SSSR count). The van der Waals surface area contributed by atoms with Crippen LogP contribution in [0.1, 0.15) is 33.0 Å². The second kappa shape index (κ2) is 8.30. The molecular weight excluding hydrogens is 334 g/mol. The monoisotopic (exact) mass is 357 g/mol. The minimum absolute atomic E-state index is 0.0974. The average Bonchev–Trinajstić information content (AvgIpc) is 3.07. The molecule has 0 aliphatic carbocycles. The van der Waals surface area contributed by atoms with Gasteiger partial charge in [-0.25, -0.2) is 4.79 Å². The molecule has 2 heterocycles. The third-order valence-electron chi connectivity index (χ3n) is 4.60. The van der Waals surface area contributed by atoms with Crippen molar-refractivity contribution in [3.05, 3.63) is 57.8 Å². The molecule has 4 nitrogen and oxygen atoms in total. The second-order valence-corrected chi connectivity index (χ2v) is 7.79. The maximum absolute atomic E-state index is 12.3. The summed E-state index contributed by atoms with van der Waals surface area (Å²) in [6, 6.07) is 14.1. The van der Waals surface area contributed by atoms with Crippen molar-refractivity contribution in [1.82, 2.24) is 4.90 Å². The zero-order chi connectivity index (χ0) is 17.6. The van der Waals surface area contributed by atoms with E-state index in [0.29, 0.717) is 10.8 Å². The van der Waals surface area contributed by atoms with Crippen LogP contribution < -0.4 is 0 Å². The first-order valence-electron chi connectivity index (χ1n) is 8.67. The van der Waals surface area contributed by atoms with Gasteiger partial charge in [0.05, 0.1) is 0 Å². The van der Waals surface area contributed by atoms with Crippen molar-refractivity contribution in [2.75, 3.05) is 19.7 Å². The molecule has 1 aromatic heterocycles. The van der Waals surface area contributed by atoms with Crippen LogP contribution >= 0.6 is 11.3 Å². The Labute approximate surface area is 152 Å². The maximum atomic E-state index is 12.3. The molecule has 25 heavy (non-hydrogen) atoms. The number of carbonyl (C=O) groups excluding carboxylic acids is 2. The van der Waals surface area contributed by atoms with Crippen molar-refractivity contribution >= 4 is 23.2 Å². The average molecular weight is 357 g/mol. The van der Waals surface area contributed by atoms with Gasteiger partial charge in [-0.15, -0.1) is 11.3 Å². The van der Waals surface area contributed by atoms with Gasteiger partial charge in [-0.2, -0.15) is 0 Å². The number of thiophene rings is 1. The molecule has 0 bridgehead atoms. The van der Waals surface area contributed by atoms with E-state index < -0.39 is 5.97 Å². The fraction of sp³-hybridized carbons (Fsp3) is 0.400. The first kappa shape index (κ1) is 17.7. The largest absolute Gasteiger partial charge is 0.451 e. The summed E-state index contributed by atoms with van der Waals surface area (Å²) in [5, 5.41) is 0. The fourth-order valence-electron chi connectivity index (χ4n) is 3.17. The van der Waals surface area contributed by atoms with E-state index in [4.69, 9.17) is 4.74 Å². The SMILES string of the molecule is Cc1ccc(C(=O)OCC(=O)N2CCC(Cc3ccccc3)CC2)s1. The molecule has 1 fully saturated rings. The Morgan fingerprint density at radius 3 is 2.48 bits per heavy atom. The number of amides is 1. The number of nitrogens with zero attached hydrogens (tertiary/aromatic N) is 1. The predicted octanol–water partition coefficient (Wildman–Crippen LogP) is 3.69. The Morgan fingerprint density at radius 2 is 1.84 bits per heavy atom. The number of rotatable bonds is 5. The van der Waals surface area contributed by atoms with Gasteiger partial charge in [0.15, 0.2) is 6.61 Å². The minimum atomic E-state index is -0.412. The van der Waals surface area contributed by atoms with Crippen LogP contribution in [0.3, 0.4) is 0 Å². The molecule has 5 heteroatoms. The smallest absolute Gasteiger partial charge is 0.348 e. The first-order chi connectivity index (χ1) is 12.1. The van der Waals surface area contributed by atoms with Gasteiger partial charge in [0.1, 0.15) is 4.88 Å². The Balaban J connectivity index is 1.41. The van der Waals surface area contributed by atoms with E-state index in [9.17, 15) is 9.59 Å². The summed E-state index contributed by atoms with van der Waals surface area (Å²) < 4.78 is 5.16. The lowest BCUT2D eigenvalue weighted by Crippen LogP contribution is -2.41. The summed E-state index contributed by atoms with van der Waals surface area (Å²) in [5.41, 5.74) is 1.35. The molecule has 0 radical (unpaired) electrons. The van der Waals surface area contributed by atoms with E-state index in [1.165, 1.54) is 16.9 Å². The molecule has 0 spiro atoms. The highest BCUT2D eigenvalue weighted by atomic mass is 32.1. The van der Waals surface area contributed by atoms with Crippen LogP contribution in [0.4, 0.5) is 0 Å². The molecule has 1 saturated heterocycles. The number of aryl methyl sites for hydroxylation is 1. The highest BCUT2D eigenvalue weighted by Crippen LogP contribution is 2.22. The molecule has 2 aromatic rings. The van der Waals surface area contributed by atoms with Crippen molar-refractivity contribution in [1.29, 1.82) is 0 Å². The van der Waals surface area contributed by atoms with Crippen LogP contribution in [0, 0.1) is 12.8 Å². The topological polar surface area (TPSA) is 46.6 Å². The Kier molecular flexibility index (Phi) is 5.87. The van der Waals surface area contributed by atoms with Crippen molar-refractivity contribution in [3.63, 3.8) is 0 Å². The van der Waals surface area contributed by atoms with E-state index in [1.807, 2.05) is 24.0 Å². The fourth-order valence-corrected chi connectivity index (χ4v) is 3.93. The van der Waals surface area contributed by atoms with Crippen LogP contribution in [0.2, 0.25) is 0 Å². The normalized spacial score (nSPS) is 15.2. The molecule has 0 atom stereocenters. The van der Waals surface area contributed by atoms with E-state index in [0.717, 1.165) is 37.2 Å².